The van der Waals surface area contributed by atoms with Gasteiger partial charge in [-0.15, -0.1) is 0 Å². The Morgan fingerprint density at radius 1 is 1.64 bits per heavy atom. The van der Waals surface area contributed by atoms with Gasteiger partial charge in [0.1, 0.15) is 5.82 Å². The predicted octanol–water partition coefficient (Wildman–Crippen LogP) is 1.87. The van der Waals surface area contributed by atoms with Gasteiger partial charge in [-0.1, -0.05) is 0 Å². The molecule has 0 saturated heterocycles. The SMILES string of the molecule is COC(=O)c1cc(Br)c(F)cc1CO. The zero-order chi connectivity index (χ0) is 10.7. The molecule has 5 heteroatoms. The van der Waals surface area contributed by atoms with Gasteiger partial charge in [-0.05, 0) is 33.6 Å². The second kappa shape index (κ2) is 4.52. The molecule has 0 saturated carbocycles. The summed E-state index contributed by atoms with van der Waals surface area (Å²) >= 11 is 2.94. The van der Waals surface area contributed by atoms with Crippen LogP contribution in [0.5, 0.6) is 0 Å². The summed E-state index contributed by atoms with van der Waals surface area (Å²) in [6.45, 7) is -0.408. The third kappa shape index (κ3) is 2.10. The fourth-order valence-corrected chi connectivity index (χ4v) is 1.36. The van der Waals surface area contributed by atoms with E-state index in [1.54, 1.807) is 0 Å². The summed E-state index contributed by atoms with van der Waals surface area (Å²) in [5.41, 5.74) is 0.362. The second-order valence-corrected chi connectivity index (χ2v) is 3.43. The summed E-state index contributed by atoms with van der Waals surface area (Å²) in [6, 6.07) is 2.38. The molecule has 0 heterocycles. The molecule has 0 aliphatic heterocycles. The van der Waals surface area contributed by atoms with E-state index in [0.29, 0.717) is 0 Å². The summed E-state index contributed by atoms with van der Waals surface area (Å²) in [7, 11) is 1.22. The first-order valence-corrected chi connectivity index (χ1v) is 4.56. The minimum Gasteiger partial charge on any atom is -0.465 e. The van der Waals surface area contributed by atoms with Gasteiger partial charge in [-0.2, -0.15) is 0 Å². The van der Waals surface area contributed by atoms with Crippen LogP contribution in [-0.4, -0.2) is 18.2 Å². The average molecular weight is 263 g/mol. The molecule has 0 aliphatic rings. The minimum atomic E-state index is -0.602. The van der Waals surface area contributed by atoms with Crippen LogP contribution in [0.2, 0.25) is 0 Å². The maximum atomic E-state index is 13.0. The second-order valence-electron chi connectivity index (χ2n) is 2.57. The smallest absolute Gasteiger partial charge is 0.338 e. The number of carbonyl (C=O) groups is 1. The Hall–Kier alpha value is -0.940. The van der Waals surface area contributed by atoms with Gasteiger partial charge in [-0.25, -0.2) is 9.18 Å². The first-order chi connectivity index (χ1) is 6.60. The molecule has 76 valence electrons. The molecule has 1 aromatic rings. The predicted molar refractivity (Wildman–Crippen MR) is 51.4 cm³/mol. The zero-order valence-corrected chi connectivity index (χ0v) is 8.97. The van der Waals surface area contributed by atoms with Crippen molar-refractivity contribution >= 4 is 21.9 Å². The molecule has 3 nitrogen and oxygen atoms in total. The number of hydrogen-bond acceptors (Lipinski definition) is 3. The van der Waals surface area contributed by atoms with E-state index in [1.165, 1.54) is 13.2 Å². The molecular formula is C9H8BrFO3. The number of ether oxygens (including phenoxy) is 1. The highest BCUT2D eigenvalue weighted by molar-refractivity contribution is 9.10. The fraction of sp³-hybridized carbons (Fsp3) is 0.222. The molecular weight excluding hydrogens is 255 g/mol. The largest absolute Gasteiger partial charge is 0.465 e. The van der Waals surface area contributed by atoms with E-state index in [4.69, 9.17) is 5.11 Å². The van der Waals surface area contributed by atoms with Crippen molar-refractivity contribution < 1.29 is 19.0 Å². The van der Waals surface area contributed by atoms with Gasteiger partial charge in [0, 0.05) is 0 Å². The molecule has 0 amide bonds. The maximum absolute atomic E-state index is 13.0. The van der Waals surface area contributed by atoms with E-state index in [-0.39, 0.29) is 15.6 Å². The van der Waals surface area contributed by atoms with Crippen molar-refractivity contribution in [3.05, 3.63) is 33.5 Å². The van der Waals surface area contributed by atoms with Crippen molar-refractivity contribution in [2.24, 2.45) is 0 Å². The van der Waals surface area contributed by atoms with E-state index < -0.39 is 18.4 Å². The monoisotopic (exact) mass is 262 g/mol. The summed E-state index contributed by atoms with van der Waals surface area (Å²) in [5.74, 6) is -1.13. The molecule has 0 aliphatic carbocycles. The van der Waals surface area contributed by atoms with Crippen LogP contribution in [0.3, 0.4) is 0 Å². The minimum absolute atomic E-state index is 0.156. The summed E-state index contributed by atoms with van der Waals surface area (Å²) in [4.78, 5) is 11.2. The van der Waals surface area contributed by atoms with E-state index in [1.807, 2.05) is 0 Å². The number of carbonyl (C=O) groups excluding carboxylic acids is 1. The lowest BCUT2D eigenvalue weighted by atomic mass is 10.1. The van der Waals surface area contributed by atoms with Crippen LogP contribution in [0.25, 0.3) is 0 Å². The zero-order valence-electron chi connectivity index (χ0n) is 7.38. The van der Waals surface area contributed by atoms with E-state index >= 15 is 0 Å². The van der Waals surface area contributed by atoms with Crippen LogP contribution in [0.1, 0.15) is 15.9 Å². The highest BCUT2D eigenvalue weighted by Crippen LogP contribution is 2.21. The third-order valence-corrected chi connectivity index (χ3v) is 2.33. The Morgan fingerprint density at radius 3 is 2.79 bits per heavy atom. The van der Waals surface area contributed by atoms with Crippen molar-refractivity contribution in [3.63, 3.8) is 0 Å². The van der Waals surface area contributed by atoms with Gasteiger partial charge < -0.3 is 9.84 Å². The van der Waals surface area contributed by atoms with E-state index in [0.717, 1.165) is 6.07 Å². The summed E-state index contributed by atoms with van der Waals surface area (Å²) in [6.07, 6.45) is 0. The standard InChI is InChI=1S/C9H8BrFO3/c1-14-9(13)6-3-7(10)8(11)2-5(6)4-12/h2-3,12H,4H2,1H3. The molecule has 1 rings (SSSR count). The number of aliphatic hydroxyl groups excluding tert-OH is 1. The van der Waals surface area contributed by atoms with Crippen molar-refractivity contribution in [2.75, 3.05) is 7.11 Å². The first kappa shape index (κ1) is 11.1. The Labute approximate surface area is 88.6 Å². The highest BCUT2D eigenvalue weighted by atomic mass is 79.9. The van der Waals surface area contributed by atoms with E-state index in [2.05, 4.69) is 20.7 Å². The number of halogens is 2. The average Bonchev–Trinajstić information content (AvgIpc) is 2.20. The van der Waals surface area contributed by atoms with Gasteiger partial charge in [0.2, 0.25) is 0 Å². The molecule has 0 bridgehead atoms. The normalized spacial score (nSPS) is 10.0. The Kier molecular flexibility index (Phi) is 3.60. The third-order valence-electron chi connectivity index (χ3n) is 1.72. The Balaban J connectivity index is 3.27. The molecule has 0 fully saturated rings. The molecule has 0 atom stereocenters. The lowest BCUT2D eigenvalue weighted by molar-refractivity contribution is 0.0597. The van der Waals surface area contributed by atoms with Crippen LogP contribution < -0.4 is 0 Å². The number of aliphatic hydroxyl groups is 1. The van der Waals surface area contributed by atoms with Crippen molar-refractivity contribution in [1.29, 1.82) is 0 Å². The maximum Gasteiger partial charge on any atom is 0.338 e. The molecule has 0 radical (unpaired) electrons. The molecule has 1 N–H and O–H groups in total. The van der Waals surface area contributed by atoms with Gasteiger partial charge in [-0.3, -0.25) is 0 Å². The van der Waals surface area contributed by atoms with Gasteiger partial charge in [0.15, 0.2) is 0 Å². The van der Waals surface area contributed by atoms with Gasteiger partial charge >= 0.3 is 5.97 Å². The lowest BCUT2D eigenvalue weighted by Crippen LogP contribution is -2.06. The van der Waals surface area contributed by atoms with Crippen LogP contribution >= 0.6 is 15.9 Å². The topological polar surface area (TPSA) is 46.5 Å². The van der Waals surface area contributed by atoms with Crippen LogP contribution in [0.4, 0.5) is 4.39 Å². The highest BCUT2D eigenvalue weighted by Gasteiger charge is 2.14. The summed E-state index contributed by atoms with van der Waals surface area (Å²) < 4.78 is 17.6. The van der Waals surface area contributed by atoms with Crippen LogP contribution in [0, 0.1) is 5.82 Å². The van der Waals surface area contributed by atoms with Crippen molar-refractivity contribution in [2.45, 2.75) is 6.61 Å². The summed E-state index contributed by atoms with van der Waals surface area (Å²) in [5, 5.41) is 8.89. The van der Waals surface area contributed by atoms with Crippen LogP contribution in [0.15, 0.2) is 16.6 Å². The number of esters is 1. The first-order valence-electron chi connectivity index (χ1n) is 3.77. The van der Waals surface area contributed by atoms with Crippen molar-refractivity contribution in [1.82, 2.24) is 0 Å². The van der Waals surface area contributed by atoms with E-state index in [9.17, 15) is 9.18 Å². The number of hydrogen-bond donors (Lipinski definition) is 1. The number of rotatable bonds is 2. The van der Waals surface area contributed by atoms with Crippen LogP contribution in [-0.2, 0) is 11.3 Å². The number of benzene rings is 1. The molecule has 14 heavy (non-hydrogen) atoms. The van der Waals surface area contributed by atoms with Gasteiger partial charge in [0.05, 0.1) is 23.8 Å². The Morgan fingerprint density at radius 2 is 2.29 bits per heavy atom. The van der Waals surface area contributed by atoms with Gasteiger partial charge in [0.25, 0.3) is 0 Å². The quantitative estimate of drug-likeness (QED) is 0.828. The Bertz CT molecular complexity index is 365. The molecule has 0 aromatic heterocycles. The molecule has 1 aromatic carbocycles. The fourth-order valence-electron chi connectivity index (χ4n) is 1.02. The number of methoxy groups -OCH3 is 1. The van der Waals surface area contributed by atoms with Crippen molar-refractivity contribution in [3.8, 4) is 0 Å². The lowest BCUT2D eigenvalue weighted by Gasteiger charge is -2.06. The molecule has 0 spiro atoms. The molecule has 0 unspecified atom stereocenters.